The Kier molecular flexibility index (Phi) is 3.48. The summed E-state index contributed by atoms with van der Waals surface area (Å²) in [5, 5.41) is 3.30. The molecule has 0 aliphatic heterocycles. The van der Waals surface area contributed by atoms with E-state index in [4.69, 9.17) is 0 Å². The topological polar surface area (TPSA) is 32.3 Å². The monoisotopic (exact) mass is 252 g/mol. The van der Waals surface area contributed by atoms with Crippen LogP contribution in [0.15, 0.2) is 0 Å². The van der Waals surface area contributed by atoms with Gasteiger partial charge < -0.3 is 10.2 Å². The molecule has 0 radical (unpaired) electrons. The molecule has 2 saturated carbocycles. The summed E-state index contributed by atoms with van der Waals surface area (Å²) in [6, 6.07) is 0.390. The average Bonchev–Trinajstić information content (AvgIpc) is 2.59. The number of amides is 1. The number of hydrogen-bond acceptors (Lipinski definition) is 2. The van der Waals surface area contributed by atoms with Gasteiger partial charge in [-0.3, -0.25) is 4.79 Å². The van der Waals surface area contributed by atoms with Gasteiger partial charge in [0.25, 0.3) is 0 Å². The Labute approximate surface area is 111 Å². The molecule has 3 heteroatoms. The molecule has 0 saturated heterocycles. The second-order valence-corrected chi connectivity index (χ2v) is 7.28. The molecule has 2 rings (SSSR count). The molecule has 2 aliphatic carbocycles. The maximum atomic E-state index is 12.0. The maximum absolute atomic E-state index is 12.0. The summed E-state index contributed by atoms with van der Waals surface area (Å²) in [6.45, 7) is 7.98. The molecule has 2 aliphatic rings. The van der Waals surface area contributed by atoms with Crippen molar-refractivity contribution in [1.82, 2.24) is 10.2 Å². The highest BCUT2D eigenvalue weighted by molar-refractivity contribution is 5.76. The first-order chi connectivity index (χ1) is 8.27. The Morgan fingerprint density at radius 3 is 2.44 bits per heavy atom. The van der Waals surface area contributed by atoms with E-state index < -0.39 is 0 Å². The van der Waals surface area contributed by atoms with E-state index in [9.17, 15) is 4.79 Å². The zero-order valence-electron chi connectivity index (χ0n) is 12.5. The third-order valence-electron chi connectivity index (χ3n) is 5.92. The number of nitrogens with zero attached hydrogens (tertiary/aromatic N) is 1. The fourth-order valence-electron chi connectivity index (χ4n) is 4.01. The molecule has 0 aromatic heterocycles. The zero-order valence-corrected chi connectivity index (χ0v) is 12.5. The van der Waals surface area contributed by atoms with Crippen molar-refractivity contribution in [1.29, 1.82) is 0 Å². The average molecular weight is 252 g/mol. The summed E-state index contributed by atoms with van der Waals surface area (Å²) < 4.78 is 0. The van der Waals surface area contributed by atoms with Crippen LogP contribution in [0.25, 0.3) is 0 Å². The van der Waals surface area contributed by atoms with Gasteiger partial charge >= 0.3 is 0 Å². The first-order valence-corrected chi connectivity index (χ1v) is 7.21. The molecule has 1 amide bonds. The van der Waals surface area contributed by atoms with Crippen molar-refractivity contribution < 1.29 is 4.79 Å². The second kappa shape index (κ2) is 4.52. The van der Waals surface area contributed by atoms with E-state index >= 15 is 0 Å². The molecule has 3 atom stereocenters. The van der Waals surface area contributed by atoms with E-state index in [1.165, 1.54) is 19.3 Å². The molecule has 0 aromatic carbocycles. The van der Waals surface area contributed by atoms with Crippen molar-refractivity contribution in [3.05, 3.63) is 0 Å². The predicted molar refractivity (Wildman–Crippen MR) is 74.3 cm³/mol. The summed E-state index contributed by atoms with van der Waals surface area (Å²) in [4.78, 5) is 14.1. The Morgan fingerprint density at radius 2 is 2.00 bits per heavy atom. The Hall–Kier alpha value is -0.570. The van der Waals surface area contributed by atoms with Gasteiger partial charge in [-0.25, -0.2) is 0 Å². The van der Waals surface area contributed by atoms with E-state index in [0.717, 1.165) is 12.5 Å². The van der Waals surface area contributed by atoms with Gasteiger partial charge in [-0.2, -0.15) is 0 Å². The molecule has 1 N–H and O–H groups in total. The van der Waals surface area contributed by atoms with Crippen molar-refractivity contribution in [2.75, 3.05) is 20.6 Å². The Bertz CT molecular complexity index is 337. The number of rotatable bonds is 4. The molecular formula is C15H28N2O. The van der Waals surface area contributed by atoms with E-state index in [0.29, 0.717) is 23.3 Å². The lowest BCUT2D eigenvalue weighted by molar-refractivity contribution is -0.123. The van der Waals surface area contributed by atoms with Crippen molar-refractivity contribution in [3.8, 4) is 0 Å². The van der Waals surface area contributed by atoms with Gasteiger partial charge in [0.1, 0.15) is 0 Å². The van der Waals surface area contributed by atoms with Gasteiger partial charge in [-0.05, 0) is 50.1 Å². The van der Waals surface area contributed by atoms with E-state index in [1.54, 1.807) is 0 Å². The maximum Gasteiger partial charge on any atom is 0.221 e. The first-order valence-electron chi connectivity index (χ1n) is 7.21. The van der Waals surface area contributed by atoms with Crippen LogP contribution in [0.5, 0.6) is 0 Å². The molecule has 3 unspecified atom stereocenters. The minimum Gasteiger partial charge on any atom is -0.353 e. The van der Waals surface area contributed by atoms with Crippen molar-refractivity contribution >= 4 is 5.91 Å². The van der Waals surface area contributed by atoms with Gasteiger partial charge in [0, 0.05) is 19.0 Å². The summed E-state index contributed by atoms with van der Waals surface area (Å²) in [5.41, 5.74) is 0.679. The highest BCUT2D eigenvalue weighted by atomic mass is 16.1. The third kappa shape index (κ3) is 2.07. The lowest BCUT2D eigenvalue weighted by atomic mass is 9.69. The minimum atomic E-state index is 0.221. The lowest BCUT2D eigenvalue weighted by Gasteiger charge is -2.39. The summed E-state index contributed by atoms with van der Waals surface area (Å²) in [5.74, 6) is 1.01. The van der Waals surface area contributed by atoms with Crippen LogP contribution in [0.1, 0.15) is 46.5 Å². The number of hydrogen-bond donors (Lipinski definition) is 1. The SMILES string of the molecule is CN(C)CCC(=O)NC1CC2CCC1(C)C2(C)C. The number of carbonyl (C=O) groups excluding carboxylic acids is 1. The van der Waals surface area contributed by atoms with Crippen LogP contribution in [-0.4, -0.2) is 37.5 Å². The van der Waals surface area contributed by atoms with Crippen molar-refractivity contribution in [2.24, 2.45) is 16.7 Å². The molecule has 18 heavy (non-hydrogen) atoms. The number of carbonyl (C=O) groups is 1. The number of nitrogens with one attached hydrogen (secondary N) is 1. The van der Waals surface area contributed by atoms with Crippen LogP contribution in [0, 0.1) is 16.7 Å². The van der Waals surface area contributed by atoms with E-state index in [-0.39, 0.29) is 5.91 Å². The quantitative estimate of drug-likeness (QED) is 0.832. The fraction of sp³-hybridized carbons (Fsp3) is 0.933. The van der Waals surface area contributed by atoms with Crippen LogP contribution in [0.4, 0.5) is 0 Å². The Balaban J connectivity index is 1.94. The van der Waals surface area contributed by atoms with Gasteiger partial charge in [0.05, 0.1) is 0 Å². The van der Waals surface area contributed by atoms with E-state index in [2.05, 4.69) is 31.0 Å². The van der Waals surface area contributed by atoms with Gasteiger partial charge in [0.15, 0.2) is 0 Å². The van der Waals surface area contributed by atoms with Gasteiger partial charge in [-0.1, -0.05) is 20.8 Å². The molecular weight excluding hydrogens is 224 g/mol. The molecule has 0 heterocycles. The molecule has 0 aromatic rings. The smallest absolute Gasteiger partial charge is 0.221 e. The van der Waals surface area contributed by atoms with Crippen LogP contribution in [0.3, 0.4) is 0 Å². The fourth-order valence-corrected chi connectivity index (χ4v) is 4.01. The zero-order chi connectivity index (χ0) is 13.6. The highest BCUT2D eigenvalue weighted by Gasteiger charge is 2.61. The predicted octanol–water partition coefficient (Wildman–Crippen LogP) is 2.27. The van der Waals surface area contributed by atoms with Gasteiger partial charge in [0.2, 0.25) is 5.91 Å². The second-order valence-electron chi connectivity index (χ2n) is 7.28. The normalized spacial score (nSPS) is 37.2. The van der Waals surface area contributed by atoms with Crippen LogP contribution >= 0.6 is 0 Å². The van der Waals surface area contributed by atoms with Gasteiger partial charge in [-0.15, -0.1) is 0 Å². The molecule has 0 spiro atoms. The highest BCUT2D eigenvalue weighted by Crippen LogP contribution is 2.65. The minimum absolute atomic E-state index is 0.221. The first kappa shape index (κ1) is 13.9. The van der Waals surface area contributed by atoms with Crippen molar-refractivity contribution in [2.45, 2.75) is 52.5 Å². The molecule has 2 bridgehead atoms. The van der Waals surface area contributed by atoms with Crippen LogP contribution < -0.4 is 5.32 Å². The summed E-state index contributed by atoms with van der Waals surface area (Å²) >= 11 is 0. The molecule has 3 nitrogen and oxygen atoms in total. The standard InChI is InChI=1S/C15H28N2O/c1-14(2)11-6-8-15(14,3)12(10-11)16-13(18)7-9-17(4)5/h11-12H,6-10H2,1-5H3,(H,16,18). The summed E-state index contributed by atoms with van der Waals surface area (Å²) in [6.07, 6.45) is 4.40. The van der Waals surface area contributed by atoms with Crippen LogP contribution in [0.2, 0.25) is 0 Å². The largest absolute Gasteiger partial charge is 0.353 e. The third-order valence-corrected chi connectivity index (χ3v) is 5.92. The number of fused-ring (bicyclic) bond motifs is 2. The Morgan fingerprint density at radius 1 is 1.33 bits per heavy atom. The molecule has 104 valence electrons. The van der Waals surface area contributed by atoms with Crippen LogP contribution in [-0.2, 0) is 4.79 Å². The molecule has 2 fully saturated rings. The van der Waals surface area contributed by atoms with Crippen molar-refractivity contribution in [3.63, 3.8) is 0 Å². The van der Waals surface area contributed by atoms with E-state index in [1.807, 2.05) is 14.1 Å². The summed E-state index contributed by atoms with van der Waals surface area (Å²) in [7, 11) is 4.02. The lowest BCUT2D eigenvalue weighted by Crippen LogP contribution is -2.47.